The SMILES string of the molecule is CC#CCNC(=O)N[C@@H](CCSC)C(=O)O. The van der Waals surface area contributed by atoms with Gasteiger partial charge in [-0.25, -0.2) is 9.59 Å². The van der Waals surface area contributed by atoms with E-state index >= 15 is 0 Å². The van der Waals surface area contributed by atoms with Gasteiger partial charge in [0.15, 0.2) is 0 Å². The van der Waals surface area contributed by atoms with Crippen molar-refractivity contribution in [3.8, 4) is 11.8 Å². The van der Waals surface area contributed by atoms with E-state index in [2.05, 4.69) is 22.5 Å². The van der Waals surface area contributed by atoms with E-state index in [0.29, 0.717) is 12.2 Å². The van der Waals surface area contributed by atoms with Crippen LogP contribution in [-0.4, -0.2) is 41.7 Å². The summed E-state index contributed by atoms with van der Waals surface area (Å²) in [7, 11) is 0. The number of hydrogen-bond acceptors (Lipinski definition) is 3. The molecular formula is C10H16N2O3S. The molecule has 90 valence electrons. The van der Waals surface area contributed by atoms with Gasteiger partial charge in [0, 0.05) is 0 Å². The number of hydrogen-bond donors (Lipinski definition) is 3. The number of nitrogens with one attached hydrogen (secondary N) is 2. The largest absolute Gasteiger partial charge is 0.480 e. The Hall–Kier alpha value is -1.35. The van der Waals surface area contributed by atoms with Crippen molar-refractivity contribution in [2.45, 2.75) is 19.4 Å². The van der Waals surface area contributed by atoms with Crippen LogP contribution in [0.5, 0.6) is 0 Å². The average molecular weight is 244 g/mol. The first kappa shape index (κ1) is 14.6. The molecule has 0 bridgehead atoms. The minimum Gasteiger partial charge on any atom is -0.480 e. The summed E-state index contributed by atoms with van der Waals surface area (Å²) in [5.41, 5.74) is 0. The summed E-state index contributed by atoms with van der Waals surface area (Å²) >= 11 is 1.54. The number of carboxylic acid groups (broad SMARTS) is 1. The Kier molecular flexibility index (Phi) is 8.17. The molecule has 0 aromatic heterocycles. The number of rotatable bonds is 6. The van der Waals surface area contributed by atoms with Gasteiger partial charge in [-0.1, -0.05) is 5.92 Å². The van der Waals surface area contributed by atoms with E-state index in [9.17, 15) is 9.59 Å². The molecule has 0 fully saturated rings. The zero-order chi connectivity index (χ0) is 12.4. The monoisotopic (exact) mass is 244 g/mol. The van der Waals surface area contributed by atoms with Crippen molar-refractivity contribution >= 4 is 23.8 Å². The highest BCUT2D eigenvalue weighted by Gasteiger charge is 2.18. The van der Waals surface area contributed by atoms with Crippen molar-refractivity contribution in [2.75, 3.05) is 18.6 Å². The van der Waals surface area contributed by atoms with Gasteiger partial charge in [-0.05, 0) is 25.4 Å². The molecular weight excluding hydrogens is 228 g/mol. The molecule has 0 aliphatic heterocycles. The van der Waals surface area contributed by atoms with Gasteiger partial charge in [0.25, 0.3) is 0 Å². The molecule has 1 atom stereocenters. The second kappa shape index (κ2) is 8.92. The van der Waals surface area contributed by atoms with E-state index in [0.717, 1.165) is 0 Å². The zero-order valence-electron chi connectivity index (χ0n) is 9.37. The Morgan fingerprint density at radius 3 is 2.69 bits per heavy atom. The van der Waals surface area contributed by atoms with Crippen LogP contribution in [0.1, 0.15) is 13.3 Å². The molecule has 6 heteroatoms. The fourth-order valence-electron chi connectivity index (χ4n) is 0.915. The zero-order valence-corrected chi connectivity index (χ0v) is 10.2. The quantitative estimate of drug-likeness (QED) is 0.595. The Bertz CT molecular complexity index is 296. The molecule has 0 saturated carbocycles. The van der Waals surface area contributed by atoms with Gasteiger partial charge in [0.1, 0.15) is 6.04 Å². The normalized spacial score (nSPS) is 10.9. The van der Waals surface area contributed by atoms with Crippen LogP contribution in [0.2, 0.25) is 0 Å². The highest BCUT2D eigenvalue weighted by Crippen LogP contribution is 2.00. The van der Waals surface area contributed by atoms with E-state index in [4.69, 9.17) is 5.11 Å². The second-order valence-electron chi connectivity index (χ2n) is 2.93. The Morgan fingerprint density at radius 2 is 2.19 bits per heavy atom. The maximum absolute atomic E-state index is 11.2. The van der Waals surface area contributed by atoms with Gasteiger partial charge < -0.3 is 15.7 Å². The fraction of sp³-hybridized carbons (Fsp3) is 0.600. The number of amides is 2. The topological polar surface area (TPSA) is 78.4 Å². The summed E-state index contributed by atoms with van der Waals surface area (Å²) in [5, 5.41) is 13.7. The van der Waals surface area contributed by atoms with Crippen LogP contribution in [0.25, 0.3) is 0 Å². The Morgan fingerprint density at radius 1 is 1.50 bits per heavy atom. The molecule has 5 nitrogen and oxygen atoms in total. The number of carboxylic acids is 1. The number of aliphatic carboxylic acids is 1. The highest BCUT2D eigenvalue weighted by atomic mass is 32.2. The highest BCUT2D eigenvalue weighted by molar-refractivity contribution is 7.98. The summed E-state index contributed by atoms with van der Waals surface area (Å²) in [4.78, 5) is 22.0. The number of urea groups is 1. The van der Waals surface area contributed by atoms with Gasteiger partial charge in [-0.3, -0.25) is 0 Å². The summed E-state index contributed by atoms with van der Waals surface area (Å²) in [6.45, 7) is 1.88. The first-order chi connectivity index (χ1) is 7.61. The number of carbonyl (C=O) groups excluding carboxylic acids is 1. The van der Waals surface area contributed by atoms with Crippen molar-refractivity contribution in [3.63, 3.8) is 0 Å². The smallest absolute Gasteiger partial charge is 0.326 e. The molecule has 16 heavy (non-hydrogen) atoms. The lowest BCUT2D eigenvalue weighted by Gasteiger charge is -2.13. The lowest BCUT2D eigenvalue weighted by Crippen LogP contribution is -2.46. The maximum Gasteiger partial charge on any atom is 0.326 e. The van der Waals surface area contributed by atoms with Gasteiger partial charge in [0.05, 0.1) is 6.54 Å². The predicted molar refractivity (Wildman–Crippen MR) is 64.4 cm³/mol. The third kappa shape index (κ3) is 7.01. The summed E-state index contributed by atoms with van der Waals surface area (Å²) in [6.07, 6.45) is 2.29. The number of thioether (sulfide) groups is 1. The van der Waals surface area contributed by atoms with Crippen molar-refractivity contribution in [3.05, 3.63) is 0 Å². The molecule has 0 aliphatic carbocycles. The molecule has 3 N–H and O–H groups in total. The molecule has 2 amide bonds. The lowest BCUT2D eigenvalue weighted by molar-refractivity contribution is -0.139. The van der Waals surface area contributed by atoms with E-state index in [1.165, 1.54) is 11.8 Å². The minimum atomic E-state index is -1.02. The lowest BCUT2D eigenvalue weighted by atomic mass is 10.2. The molecule has 0 unspecified atom stereocenters. The third-order valence-electron chi connectivity index (χ3n) is 1.73. The molecule has 0 heterocycles. The minimum absolute atomic E-state index is 0.219. The summed E-state index contributed by atoms with van der Waals surface area (Å²) in [6, 6.07) is -1.35. The van der Waals surface area contributed by atoms with Crippen molar-refractivity contribution in [1.82, 2.24) is 10.6 Å². The predicted octanol–water partition coefficient (Wildman–Crippen LogP) is 0.515. The van der Waals surface area contributed by atoms with Crippen molar-refractivity contribution in [1.29, 1.82) is 0 Å². The van der Waals surface area contributed by atoms with Crippen LogP contribution >= 0.6 is 11.8 Å². The first-order valence-electron chi connectivity index (χ1n) is 4.77. The van der Waals surface area contributed by atoms with Crippen LogP contribution in [-0.2, 0) is 4.79 Å². The van der Waals surface area contributed by atoms with E-state index in [1.54, 1.807) is 6.92 Å². The summed E-state index contributed by atoms with van der Waals surface area (Å²) in [5.74, 6) is 4.94. The van der Waals surface area contributed by atoms with Gasteiger partial charge >= 0.3 is 12.0 Å². The molecule has 0 rings (SSSR count). The molecule has 0 aromatic rings. The van der Waals surface area contributed by atoms with Gasteiger partial charge in [-0.15, -0.1) is 5.92 Å². The first-order valence-corrected chi connectivity index (χ1v) is 6.17. The molecule has 0 spiro atoms. The molecule has 0 aromatic carbocycles. The van der Waals surface area contributed by atoms with Crippen LogP contribution < -0.4 is 10.6 Å². The maximum atomic E-state index is 11.2. The molecule has 0 saturated heterocycles. The van der Waals surface area contributed by atoms with Crippen molar-refractivity contribution in [2.24, 2.45) is 0 Å². The second-order valence-corrected chi connectivity index (χ2v) is 3.91. The van der Waals surface area contributed by atoms with Crippen LogP contribution in [0.4, 0.5) is 4.79 Å². The summed E-state index contributed by atoms with van der Waals surface area (Å²) < 4.78 is 0. The van der Waals surface area contributed by atoms with Crippen LogP contribution in [0.3, 0.4) is 0 Å². The number of carbonyl (C=O) groups is 2. The van der Waals surface area contributed by atoms with Crippen LogP contribution in [0.15, 0.2) is 0 Å². The standard InChI is InChI=1S/C10H16N2O3S/c1-3-4-6-11-10(15)12-8(9(13)14)5-7-16-2/h8H,5-7H2,1-2H3,(H,13,14)(H2,11,12,15)/t8-/m0/s1. The Labute approximate surface area is 99.4 Å². The fourth-order valence-corrected chi connectivity index (χ4v) is 1.39. The van der Waals surface area contributed by atoms with Gasteiger partial charge in [-0.2, -0.15) is 11.8 Å². The molecule has 0 radical (unpaired) electrons. The van der Waals surface area contributed by atoms with E-state index < -0.39 is 18.0 Å². The average Bonchev–Trinajstić information content (AvgIpc) is 2.24. The van der Waals surface area contributed by atoms with Crippen LogP contribution in [0, 0.1) is 11.8 Å². The van der Waals surface area contributed by atoms with E-state index in [1.807, 2.05) is 6.26 Å². The Balaban J connectivity index is 4.01. The van der Waals surface area contributed by atoms with Crippen molar-refractivity contribution < 1.29 is 14.7 Å². The van der Waals surface area contributed by atoms with Gasteiger partial charge in [0.2, 0.25) is 0 Å². The van der Waals surface area contributed by atoms with E-state index in [-0.39, 0.29) is 6.54 Å². The molecule has 0 aliphatic rings. The third-order valence-corrected chi connectivity index (χ3v) is 2.37.